The van der Waals surface area contributed by atoms with E-state index in [-0.39, 0.29) is 17.7 Å². The van der Waals surface area contributed by atoms with Crippen molar-refractivity contribution >= 4 is 17.5 Å². The van der Waals surface area contributed by atoms with Crippen molar-refractivity contribution in [2.75, 3.05) is 18.4 Å². The summed E-state index contributed by atoms with van der Waals surface area (Å²) in [4.78, 5) is 32.4. The number of rotatable bonds is 4. The van der Waals surface area contributed by atoms with E-state index in [1.165, 1.54) is 0 Å². The number of carbonyl (C=O) groups excluding carboxylic acids is 2. The Morgan fingerprint density at radius 2 is 1.68 bits per heavy atom. The van der Waals surface area contributed by atoms with Crippen LogP contribution >= 0.6 is 0 Å². The second kappa shape index (κ2) is 9.13. The van der Waals surface area contributed by atoms with Gasteiger partial charge in [0.05, 0.1) is 11.3 Å². The predicted molar refractivity (Wildman–Crippen MR) is 122 cm³/mol. The summed E-state index contributed by atoms with van der Waals surface area (Å²) in [7, 11) is 0. The van der Waals surface area contributed by atoms with Gasteiger partial charge in [0, 0.05) is 36.0 Å². The average molecular weight is 414 g/mol. The summed E-state index contributed by atoms with van der Waals surface area (Å²) >= 11 is 0. The molecule has 1 aliphatic rings. The molecule has 4 rings (SSSR count). The highest BCUT2D eigenvalue weighted by Gasteiger charge is 2.28. The van der Waals surface area contributed by atoms with Gasteiger partial charge >= 0.3 is 0 Å². The first-order valence-corrected chi connectivity index (χ1v) is 10.7. The van der Waals surface area contributed by atoms with E-state index in [0.717, 1.165) is 35.5 Å². The maximum atomic E-state index is 13.0. The van der Waals surface area contributed by atoms with E-state index < -0.39 is 0 Å². The summed E-state index contributed by atoms with van der Waals surface area (Å²) in [6, 6.07) is 20.9. The van der Waals surface area contributed by atoms with E-state index in [4.69, 9.17) is 4.98 Å². The molecule has 1 fully saturated rings. The molecule has 0 bridgehead atoms. The number of likely N-dealkylation sites (tertiary alicyclic amines) is 1. The molecule has 2 heterocycles. The van der Waals surface area contributed by atoms with Gasteiger partial charge < -0.3 is 10.2 Å². The van der Waals surface area contributed by atoms with Crippen LogP contribution in [-0.2, 0) is 0 Å². The third-order valence-electron chi connectivity index (χ3n) is 5.77. The number of anilines is 1. The largest absolute Gasteiger partial charge is 0.339 e. The van der Waals surface area contributed by atoms with Gasteiger partial charge in [-0.2, -0.15) is 0 Å². The van der Waals surface area contributed by atoms with Crippen molar-refractivity contribution in [1.29, 1.82) is 0 Å². The van der Waals surface area contributed by atoms with Crippen LogP contribution in [0.25, 0.3) is 0 Å². The molecule has 2 aromatic carbocycles. The molecule has 0 saturated carbocycles. The average Bonchev–Trinajstić information content (AvgIpc) is 2.79. The minimum atomic E-state index is -0.143. The third-order valence-corrected chi connectivity index (χ3v) is 5.77. The molecule has 31 heavy (non-hydrogen) atoms. The molecule has 0 spiro atoms. The van der Waals surface area contributed by atoms with Gasteiger partial charge in [0.2, 0.25) is 0 Å². The van der Waals surface area contributed by atoms with Gasteiger partial charge in [-0.15, -0.1) is 0 Å². The Morgan fingerprint density at radius 3 is 2.39 bits per heavy atom. The van der Waals surface area contributed by atoms with Crippen molar-refractivity contribution in [3.05, 3.63) is 94.8 Å². The Labute approximate surface area is 183 Å². The van der Waals surface area contributed by atoms with Gasteiger partial charge in [-0.1, -0.05) is 30.3 Å². The molecule has 158 valence electrons. The third kappa shape index (κ3) is 4.82. The Hall–Kier alpha value is -3.47. The topological polar surface area (TPSA) is 62.3 Å². The SMILES string of the molecule is Cc1cccc(NC(=O)c2ccc(C)nc2C2CCN(C(=O)c3ccccc3)CC2)c1. The molecule has 5 heteroatoms. The minimum Gasteiger partial charge on any atom is -0.339 e. The molecule has 5 nitrogen and oxygen atoms in total. The first-order chi connectivity index (χ1) is 15.0. The second-order valence-corrected chi connectivity index (χ2v) is 8.14. The maximum absolute atomic E-state index is 13.0. The molecular formula is C26H27N3O2. The molecule has 1 N–H and O–H groups in total. The number of amides is 2. The monoisotopic (exact) mass is 413 g/mol. The quantitative estimate of drug-likeness (QED) is 0.657. The molecular weight excluding hydrogens is 386 g/mol. The van der Waals surface area contributed by atoms with Crippen LogP contribution in [0.1, 0.15) is 56.4 Å². The molecule has 0 radical (unpaired) electrons. The zero-order valence-corrected chi connectivity index (χ0v) is 18.0. The number of nitrogens with one attached hydrogen (secondary N) is 1. The number of benzene rings is 2. The van der Waals surface area contributed by atoms with E-state index in [2.05, 4.69) is 5.32 Å². The summed E-state index contributed by atoms with van der Waals surface area (Å²) in [5.74, 6) is 0.0718. The normalized spacial score (nSPS) is 14.3. The highest BCUT2D eigenvalue weighted by Crippen LogP contribution is 2.30. The molecule has 2 amide bonds. The lowest BCUT2D eigenvalue weighted by molar-refractivity contribution is 0.0711. The van der Waals surface area contributed by atoms with Crippen molar-refractivity contribution in [1.82, 2.24) is 9.88 Å². The fourth-order valence-electron chi connectivity index (χ4n) is 4.12. The number of nitrogens with zero attached hydrogens (tertiary/aromatic N) is 2. The Bertz CT molecular complexity index is 1090. The summed E-state index contributed by atoms with van der Waals surface area (Å²) in [6.45, 7) is 5.26. The highest BCUT2D eigenvalue weighted by atomic mass is 16.2. The maximum Gasteiger partial charge on any atom is 0.257 e. The van der Waals surface area contributed by atoms with Gasteiger partial charge in [0.15, 0.2) is 0 Å². The second-order valence-electron chi connectivity index (χ2n) is 8.14. The van der Waals surface area contributed by atoms with E-state index in [9.17, 15) is 9.59 Å². The molecule has 0 atom stereocenters. The lowest BCUT2D eigenvalue weighted by Crippen LogP contribution is -2.38. The van der Waals surface area contributed by atoms with Crippen LogP contribution in [0.4, 0.5) is 5.69 Å². The highest BCUT2D eigenvalue weighted by molar-refractivity contribution is 6.05. The molecule has 1 aromatic heterocycles. The first-order valence-electron chi connectivity index (χ1n) is 10.7. The minimum absolute atomic E-state index is 0.0636. The summed E-state index contributed by atoms with van der Waals surface area (Å²) < 4.78 is 0. The lowest BCUT2D eigenvalue weighted by Gasteiger charge is -2.32. The van der Waals surface area contributed by atoms with Crippen molar-refractivity contribution in [3.63, 3.8) is 0 Å². The fraction of sp³-hybridized carbons (Fsp3) is 0.269. The van der Waals surface area contributed by atoms with Gasteiger partial charge in [0.1, 0.15) is 0 Å². The molecule has 3 aromatic rings. The molecule has 1 saturated heterocycles. The van der Waals surface area contributed by atoms with Crippen LogP contribution in [0.15, 0.2) is 66.7 Å². The van der Waals surface area contributed by atoms with Crippen LogP contribution in [0.3, 0.4) is 0 Å². The van der Waals surface area contributed by atoms with E-state index in [0.29, 0.717) is 24.2 Å². The van der Waals surface area contributed by atoms with Crippen molar-refractivity contribution in [2.24, 2.45) is 0 Å². The van der Waals surface area contributed by atoms with Crippen molar-refractivity contribution in [3.8, 4) is 0 Å². The van der Waals surface area contributed by atoms with Crippen LogP contribution in [-0.4, -0.2) is 34.8 Å². The number of aryl methyl sites for hydroxylation is 2. The molecule has 0 unspecified atom stereocenters. The predicted octanol–water partition coefficient (Wildman–Crippen LogP) is 4.97. The molecule has 0 aliphatic carbocycles. The van der Waals surface area contributed by atoms with E-state index in [1.54, 1.807) is 0 Å². The smallest absolute Gasteiger partial charge is 0.257 e. The Morgan fingerprint density at radius 1 is 0.935 bits per heavy atom. The molecule has 1 aliphatic heterocycles. The van der Waals surface area contributed by atoms with Crippen LogP contribution in [0.5, 0.6) is 0 Å². The summed E-state index contributed by atoms with van der Waals surface area (Å²) in [5.41, 5.74) is 4.92. The van der Waals surface area contributed by atoms with Gasteiger partial charge in [-0.25, -0.2) is 0 Å². The number of carbonyl (C=O) groups is 2. The number of piperidine rings is 1. The van der Waals surface area contributed by atoms with Crippen LogP contribution < -0.4 is 5.32 Å². The van der Waals surface area contributed by atoms with E-state index >= 15 is 0 Å². The van der Waals surface area contributed by atoms with Crippen LogP contribution in [0, 0.1) is 13.8 Å². The van der Waals surface area contributed by atoms with Crippen LogP contribution in [0.2, 0.25) is 0 Å². The van der Waals surface area contributed by atoms with Crippen molar-refractivity contribution < 1.29 is 9.59 Å². The van der Waals surface area contributed by atoms with Gasteiger partial charge in [-0.05, 0) is 68.7 Å². The Balaban J connectivity index is 1.49. The summed E-state index contributed by atoms with van der Waals surface area (Å²) in [5, 5.41) is 3.00. The standard InChI is InChI=1S/C26H27N3O2/c1-18-7-6-10-22(17-18)28-25(30)23-12-11-19(2)27-24(23)20-13-15-29(16-14-20)26(31)21-8-4-3-5-9-21/h3-12,17,20H,13-16H2,1-2H3,(H,28,30). The first kappa shape index (κ1) is 20.8. The number of pyridine rings is 1. The number of aromatic nitrogens is 1. The van der Waals surface area contributed by atoms with Gasteiger partial charge in [0.25, 0.3) is 11.8 Å². The van der Waals surface area contributed by atoms with Gasteiger partial charge in [-0.3, -0.25) is 14.6 Å². The zero-order valence-electron chi connectivity index (χ0n) is 18.0. The number of hydrogen-bond acceptors (Lipinski definition) is 3. The zero-order chi connectivity index (χ0) is 21.8. The lowest BCUT2D eigenvalue weighted by atomic mass is 9.89. The van der Waals surface area contributed by atoms with Crippen molar-refractivity contribution in [2.45, 2.75) is 32.6 Å². The fourth-order valence-corrected chi connectivity index (χ4v) is 4.12. The Kier molecular flexibility index (Phi) is 6.12. The number of hydrogen-bond donors (Lipinski definition) is 1. The summed E-state index contributed by atoms with van der Waals surface area (Å²) in [6.07, 6.45) is 1.58. The van der Waals surface area contributed by atoms with E-state index in [1.807, 2.05) is 85.5 Å².